The molecule has 0 saturated heterocycles. The highest BCUT2D eigenvalue weighted by atomic mass is 79.9. The average Bonchev–Trinajstić information content (AvgIpc) is 3.25. The molecule has 0 bridgehead atoms. The van der Waals surface area contributed by atoms with E-state index in [9.17, 15) is 9.90 Å². The van der Waals surface area contributed by atoms with Crippen LogP contribution >= 0.6 is 15.9 Å². The number of benzene rings is 3. The van der Waals surface area contributed by atoms with Crippen molar-refractivity contribution in [2.45, 2.75) is 63.9 Å². The number of hydrogen-bond donors (Lipinski definition) is 1. The van der Waals surface area contributed by atoms with Crippen molar-refractivity contribution in [2.75, 3.05) is 19.1 Å². The largest absolute Gasteiger partial charge is 0.507 e. The highest BCUT2D eigenvalue weighted by Gasteiger charge is 2.62. The number of phenolic OH excluding ortho intramolecular Hbond substituents is 1. The SMILES string of the molecule is COc1ccc2c(c1)[C@@H](c1cc(C(C)(C)C)c(O)c(C(C)(C)C)c1)[C@]1(O2)C(=O)N(C)c2ccc(Br)cc21. The second kappa shape index (κ2) is 8.26. The Morgan fingerprint density at radius 2 is 1.59 bits per heavy atom. The summed E-state index contributed by atoms with van der Waals surface area (Å²) in [5.74, 6) is 1.08. The number of carbonyl (C=O) groups is 1. The molecule has 1 amide bonds. The molecule has 1 N–H and O–H groups in total. The fourth-order valence-corrected chi connectivity index (χ4v) is 6.12. The minimum atomic E-state index is -1.29. The Hall–Kier alpha value is -2.99. The lowest BCUT2D eigenvalue weighted by Gasteiger charge is -2.33. The first-order valence-corrected chi connectivity index (χ1v) is 13.3. The van der Waals surface area contributed by atoms with Crippen LogP contribution in [0.4, 0.5) is 5.69 Å². The van der Waals surface area contributed by atoms with Gasteiger partial charge in [-0.1, -0.05) is 69.6 Å². The molecule has 1 spiro atoms. The molecular weight excluding hydrogens is 530 g/mol. The molecule has 3 aromatic carbocycles. The first-order valence-electron chi connectivity index (χ1n) is 12.5. The van der Waals surface area contributed by atoms with Crippen molar-refractivity contribution >= 4 is 27.5 Å². The number of rotatable bonds is 2. The highest BCUT2D eigenvalue weighted by molar-refractivity contribution is 9.10. The zero-order chi connectivity index (χ0) is 27.1. The van der Waals surface area contributed by atoms with Gasteiger partial charge in [-0.25, -0.2) is 0 Å². The lowest BCUT2D eigenvalue weighted by atomic mass is 9.71. The van der Waals surface area contributed by atoms with E-state index in [0.717, 1.165) is 38.0 Å². The minimum absolute atomic E-state index is 0.122. The summed E-state index contributed by atoms with van der Waals surface area (Å²) >= 11 is 3.62. The number of phenols is 1. The van der Waals surface area contributed by atoms with Crippen LogP contribution in [-0.4, -0.2) is 25.2 Å². The van der Waals surface area contributed by atoms with Crippen LogP contribution in [0.25, 0.3) is 0 Å². The molecule has 2 atom stereocenters. The first kappa shape index (κ1) is 25.7. The van der Waals surface area contributed by atoms with Crippen LogP contribution in [0.2, 0.25) is 0 Å². The lowest BCUT2D eigenvalue weighted by molar-refractivity contribution is -0.132. The van der Waals surface area contributed by atoms with Gasteiger partial charge in [-0.2, -0.15) is 0 Å². The normalized spacial score (nSPS) is 20.7. The summed E-state index contributed by atoms with van der Waals surface area (Å²) in [6.45, 7) is 12.6. The Morgan fingerprint density at radius 3 is 2.16 bits per heavy atom. The van der Waals surface area contributed by atoms with Crippen LogP contribution in [0.3, 0.4) is 0 Å². The summed E-state index contributed by atoms with van der Waals surface area (Å²) in [6.07, 6.45) is 0. The van der Waals surface area contributed by atoms with Crippen molar-refractivity contribution in [2.24, 2.45) is 0 Å². The summed E-state index contributed by atoms with van der Waals surface area (Å²) in [7, 11) is 3.44. The van der Waals surface area contributed by atoms with Crippen molar-refractivity contribution in [1.29, 1.82) is 0 Å². The number of halogens is 1. The van der Waals surface area contributed by atoms with E-state index in [1.54, 1.807) is 19.1 Å². The quantitative estimate of drug-likeness (QED) is 0.359. The molecule has 6 heteroatoms. The van der Waals surface area contributed by atoms with Gasteiger partial charge in [-0.05, 0) is 63.9 Å². The van der Waals surface area contributed by atoms with Crippen molar-refractivity contribution in [3.05, 3.63) is 80.8 Å². The van der Waals surface area contributed by atoms with Gasteiger partial charge in [0.25, 0.3) is 5.91 Å². The Morgan fingerprint density at radius 1 is 0.973 bits per heavy atom. The molecule has 0 fully saturated rings. The zero-order valence-electron chi connectivity index (χ0n) is 22.7. The van der Waals surface area contributed by atoms with Gasteiger partial charge >= 0.3 is 0 Å². The van der Waals surface area contributed by atoms with E-state index in [0.29, 0.717) is 17.2 Å². The number of fused-ring (bicyclic) bond motifs is 3. The van der Waals surface area contributed by atoms with Gasteiger partial charge in [0.05, 0.1) is 18.7 Å². The van der Waals surface area contributed by atoms with Gasteiger partial charge in [-0.3, -0.25) is 4.79 Å². The second-order valence-corrected chi connectivity index (χ2v) is 13.1. The van der Waals surface area contributed by atoms with E-state index < -0.39 is 11.5 Å². The van der Waals surface area contributed by atoms with Crippen molar-refractivity contribution < 1.29 is 19.4 Å². The Kier molecular flexibility index (Phi) is 5.72. The molecular formula is C31H34BrNO4. The smallest absolute Gasteiger partial charge is 0.276 e. The van der Waals surface area contributed by atoms with E-state index in [1.807, 2.05) is 36.4 Å². The van der Waals surface area contributed by atoms with Crippen LogP contribution in [0.5, 0.6) is 17.2 Å². The van der Waals surface area contributed by atoms with Gasteiger partial charge in [0.1, 0.15) is 17.2 Å². The fourth-order valence-electron chi connectivity index (χ4n) is 5.75. The molecule has 0 radical (unpaired) electrons. The van der Waals surface area contributed by atoms with Crippen LogP contribution in [0.15, 0.2) is 53.0 Å². The summed E-state index contributed by atoms with van der Waals surface area (Å²) in [5, 5.41) is 11.4. The summed E-state index contributed by atoms with van der Waals surface area (Å²) < 4.78 is 13.2. The topological polar surface area (TPSA) is 59.0 Å². The van der Waals surface area contributed by atoms with Crippen LogP contribution in [0, 0.1) is 0 Å². The molecule has 194 valence electrons. The number of ether oxygens (including phenoxy) is 2. The second-order valence-electron chi connectivity index (χ2n) is 12.2. The maximum Gasteiger partial charge on any atom is 0.276 e. The fraction of sp³-hybridized carbons (Fsp3) is 0.387. The van der Waals surface area contributed by atoms with Gasteiger partial charge < -0.3 is 19.5 Å². The molecule has 2 aliphatic heterocycles. The van der Waals surface area contributed by atoms with E-state index in [4.69, 9.17) is 9.47 Å². The molecule has 37 heavy (non-hydrogen) atoms. The summed E-state index contributed by atoms with van der Waals surface area (Å²) in [6, 6.07) is 15.7. The van der Waals surface area contributed by atoms with E-state index in [1.165, 1.54) is 0 Å². The maximum absolute atomic E-state index is 14.2. The maximum atomic E-state index is 14.2. The number of carbonyl (C=O) groups excluding carboxylic acids is 1. The van der Waals surface area contributed by atoms with Crippen molar-refractivity contribution in [1.82, 2.24) is 0 Å². The van der Waals surface area contributed by atoms with E-state index >= 15 is 0 Å². The number of methoxy groups -OCH3 is 1. The van der Waals surface area contributed by atoms with Crippen LogP contribution in [0.1, 0.15) is 75.3 Å². The number of anilines is 1. The molecule has 5 nitrogen and oxygen atoms in total. The molecule has 0 aromatic heterocycles. The average molecular weight is 565 g/mol. The number of aromatic hydroxyl groups is 1. The van der Waals surface area contributed by atoms with Gasteiger partial charge in [-0.15, -0.1) is 0 Å². The number of amides is 1. The van der Waals surface area contributed by atoms with E-state index in [2.05, 4.69) is 69.6 Å². The number of hydrogen-bond acceptors (Lipinski definition) is 4. The van der Waals surface area contributed by atoms with Gasteiger partial charge in [0.15, 0.2) is 0 Å². The van der Waals surface area contributed by atoms with E-state index in [-0.39, 0.29) is 16.7 Å². The number of likely N-dealkylation sites (N-methyl/N-ethyl adjacent to an activating group) is 1. The predicted octanol–water partition coefficient (Wildman–Crippen LogP) is 7.15. The monoisotopic (exact) mass is 563 g/mol. The third-order valence-corrected chi connectivity index (χ3v) is 8.12. The third-order valence-electron chi connectivity index (χ3n) is 7.63. The van der Waals surface area contributed by atoms with Crippen molar-refractivity contribution in [3.63, 3.8) is 0 Å². The Balaban J connectivity index is 1.89. The third kappa shape index (κ3) is 3.75. The number of nitrogens with zero attached hydrogens (tertiary/aromatic N) is 1. The Labute approximate surface area is 227 Å². The molecule has 0 aliphatic carbocycles. The zero-order valence-corrected chi connectivity index (χ0v) is 24.3. The molecule has 3 aromatic rings. The predicted molar refractivity (Wildman–Crippen MR) is 150 cm³/mol. The highest BCUT2D eigenvalue weighted by Crippen LogP contribution is 2.60. The standard InChI is InChI=1S/C31H34BrNO4/c1-29(2,3)22-13-17(14-23(27(22)34)30(4,5)6)26-20-16-19(36-8)10-12-25(20)37-31(26)21-15-18(32)9-11-24(21)33(7)28(31)35/h9-16,26,34H,1-8H3/t26-,31+/m1/s1. The first-order chi connectivity index (χ1) is 17.2. The van der Waals surface area contributed by atoms with Crippen molar-refractivity contribution in [3.8, 4) is 17.2 Å². The summed E-state index contributed by atoms with van der Waals surface area (Å²) in [4.78, 5) is 15.9. The van der Waals surface area contributed by atoms with Crippen LogP contribution < -0.4 is 14.4 Å². The molecule has 2 aliphatic rings. The molecule has 0 saturated carbocycles. The van der Waals surface area contributed by atoms with Gasteiger partial charge in [0, 0.05) is 22.6 Å². The molecule has 5 rings (SSSR count). The molecule has 2 heterocycles. The van der Waals surface area contributed by atoms with Crippen LogP contribution in [-0.2, 0) is 21.2 Å². The minimum Gasteiger partial charge on any atom is -0.507 e. The summed E-state index contributed by atoms with van der Waals surface area (Å²) in [5.41, 5.74) is 3.21. The molecule has 0 unspecified atom stereocenters. The Bertz CT molecular complexity index is 1400. The lowest BCUT2D eigenvalue weighted by Crippen LogP contribution is -2.45. The van der Waals surface area contributed by atoms with Gasteiger partial charge in [0.2, 0.25) is 5.60 Å².